The van der Waals surface area contributed by atoms with E-state index in [9.17, 15) is 8.42 Å². The summed E-state index contributed by atoms with van der Waals surface area (Å²) >= 11 is 0. The number of aryl methyl sites for hydroxylation is 1. The maximum absolute atomic E-state index is 11.1. The van der Waals surface area contributed by atoms with Gasteiger partial charge in [0.25, 0.3) is 0 Å². The van der Waals surface area contributed by atoms with E-state index in [0.717, 1.165) is 5.56 Å². The van der Waals surface area contributed by atoms with Crippen LogP contribution in [0, 0.1) is 6.92 Å². The number of hydrogen-bond donors (Lipinski definition) is 0. The van der Waals surface area contributed by atoms with Gasteiger partial charge in [0.15, 0.2) is 7.11 Å². The zero-order valence-corrected chi connectivity index (χ0v) is 7.80. The van der Waals surface area contributed by atoms with Crippen LogP contribution in [0.4, 0.5) is 0 Å². The van der Waals surface area contributed by atoms with E-state index in [4.69, 9.17) is 0 Å². The normalized spacial score (nSPS) is 11.5. The lowest BCUT2D eigenvalue weighted by Gasteiger charge is -1.96. The summed E-state index contributed by atoms with van der Waals surface area (Å²) in [6, 6.07) is 6.60. The third kappa shape index (κ3) is 1.84. The molecule has 0 amide bonds. The molecule has 0 saturated carbocycles. The SMILES string of the molecule is C[OH+]S(=O)(=O)c1ccc(C)cc1. The largest absolute Gasteiger partial charge is 0.410 e. The Balaban J connectivity index is 3.14. The van der Waals surface area contributed by atoms with E-state index in [2.05, 4.69) is 4.18 Å². The molecule has 0 radical (unpaired) electrons. The molecule has 1 rings (SSSR count). The van der Waals surface area contributed by atoms with Crippen molar-refractivity contribution in [2.75, 3.05) is 7.11 Å². The van der Waals surface area contributed by atoms with Gasteiger partial charge in [-0.3, -0.25) is 0 Å². The highest BCUT2D eigenvalue weighted by Crippen LogP contribution is 2.10. The third-order valence-corrected chi connectivity index (χ3v) is 2.91. The van der Waals surface area contributed by atoms with Crippen molar-refractivity contribution in [3.05, 3.63) is 29.8 Å². The van der Waals surface area contributed by atoms with Crippen molar-refractivity contribution in [2.45, 2.75) is 11.8 Å². The third-order valence-electron chi connectivity index (χ3n) is 1.56. The molecule has 3 nitrogen and oxygen atoms in total. The van der Waals surface area contributed by atoms with Crippen molar-refractivity contribution >= 4 is 10.1 Å². The number of benzene rings is 1. The van der Waals surface area contributed by atoms with E-state index >= 15 is 0 Å². The molecule has 0 aliphatic heterocycles. The fourth-order valence-electron chi connectivity index (χ4n) is 0.816. The van der Waals surface area contributed by atoms with Gasteiger partial charge in [-0.2, -0.15) is 0 Å². The highest BCUT2D eigenvalue weighted by Gasteiger charge is 2.16. The molecule has 0 heterocycles. The lowest BCUT2D eigenvalue weighted by molar-refractivity contribution is 0.223. The Labute approximate surface area is 72.1 Å². The summed E-state index contributed by atoms with van der Waals surface area (Å²) in [5.74, 6) is 0. The van der Waals surface area contributed by atoms with Crippen LogP contribution in [0.5, 0.6) is 0 Å². The predicted octanol–water partition coefficient (Wildman–Crippen LogP) is 0.842. The average molecular weight is 187 g/mol. The van der Waals surface area contributed by atoms with Gasteiger partial charge in [-0.1, -0.05) is 17.7 Å². The topological polar surface area (TPSA) is 46.9 Å². The minimum absolute atomic E-state index is 0.246. The standard InChI is InChI=1S/C8H10O3S/c1-7-3-5-8(6-4-7)12(9,10)11-2/h3-6H,1-2H3/p+1. The van der Waals surface area contributed by atoms with Crippen molar-refractivity contribution in [2.24, 2.45) is 0 Å². The minimum Gasteiger partial charge on any atom is -0.320 e. The Morgan fingerprint density at radius 3 is 2.08 bits per heavy atom. The Hall–Kier alpha value is -0.870. The van der Waals surface area contributed by atoms with Crippen LogP contribution >= 0.6 is 0 Å². The molecule has 0 atom stereocenters. The Kier molecular flexibility index (Phi) is 2.49. The van der Waals surface area contributed by atoms with Crippen molar-refractivity contribution in [1.29, 1.82) is 0 Å². The van der Waals surface area contributed by atoms with Gasteiger partial charge in [-0.15, -0.1) is 8.42 Å². The highest BCUT2D eigenvalue weighted by atomic mass is 32.2. The molecule has 0 fully saturated rings. The number of aliphatic hydroxyl groups is 1. The molecule has 0 aliphatic carbocycles. The Morgan fingerprint density at radius 1 is 1.17 bits per heavy atom. The first-order chi connectivity index (χ1) is 5.56. The summed E-state index contributed by atoms with van der Waals surface area (Å²) in [4.78, 5) is 0.246. The lowest BCUT2D eigenvalue weighted by Crippen LogP contribution is -2.06. The van der Waals surface area contributed by atoms with Gasteiger partial charge < -0.3 is 4.18 Å². The molecule has 0 spiro atoms. The molecule has 1 N–H and O–H groups in total. The van der Waals surface area contributed by atoms with E-state index in [1.807, 2.05) is 6.92 Å². The average Bonchev–Trinajstić information content (AvgIpc) is 2.05. The van der Waals surface area contributed by atoms with E-state index in [1.54, 1.807) is 24.3 Å². The summed E-state index contributed by atoms with van der Waals surface area (Å²) in [5.41, 5.74) is 1.03. The quantitative estimate of drug-likeness (QED) is 0.391. The lowest BCUT2D eigenvalue weighted by atomic mass is 10.2. The first-order valence-corrected chi connectivity index (χ1v) is 4.93. The van der Waals surface area contributed by atoms with Crippen molar-refractivity contribution in [1.82, 2.24) is 0 Å². The first kappa shape index (κ1) is 9.22. The van der Waals surface area contributed by atoms with Gasteiger partial charge in [0.1, 0.15) is 4.90 Å². The van der Waals surface area contributed by atoms with E-state index < -0.39 is 10.1 Å². The zero-order chi connectivity index (χ0) is 9.19. The van der Waals surface area contributed by atoms with E-state index in [-0.39, 0.29) is 4.90 Å². The summed E-state index contributed by atoms with van der Waals surface area (Å²) in [7, 11) is -2.12. The molecule has 1 aromatic rings. The molecule has 66 valence electrons. The van der Waals surface area contributed by atoms with Gasteiger partial charge in [-0.05, 0) is 19.1 Å². The molecule has 0 aliphatic rings. The smallest absolute Gasteiger partial charge is 0.320 e. The van der Waals surface area contributed by atoms with E-state index in [1.165, 1.54) is 7.11 Å². The zero-order valence-electron chi connectivity index (χ0n) is 6.98. The molecule has 0 bridgehead atoms. The Bertz CT molecular complexity index is 350. The second-order valence-electron chi connectivity index (χ2n) is 2.47. The Morgan fingerprint density at radius 2 is 1.67 bits per heavy atom. The second-order valence-corrected chi connectivity index (χ2v) is 4.26. The van der Waals surface area contributed by atoms with Crippen LogP contribution in [0.2, 0.25) is 0 Å². The fraction of sp³-hybridized carbons (Fsp3) is 0.250. The molecule has 1 aromatic carbocycles. The van der Waals surface area contributed by atoms with Crippen LogP contribution in [0.15, 0.2) is 29.2 Å². The van der Waals surface area contributed by atoms with Crippen LogP contribution in [0.3, 0.4) is 0 Å². The van der Waals surface area contributed by atoms with Gasteiger partial charge >= 0.3 is 10.1 Å². The summed E-state index contributed by atoms with van der Waals surface area (Å²) in [6.07, 6.45) is 0. The van der Waals surface area contributed by atoms with Crippen LogP contribution in [0.1, 0.15) is 5.56 Å². The highest BCUT2D eigenvalue weighted by molar-refractivity contribution is 7.86. The molecule has 0 unspecified atom stereocenters. The summed E-state index contributed by atoms with van der Waals surface area (Å²) in [5, 5.41) is 0. The van der Waals surface area contributed by atoms with Gasteiger partial charge in [0, 0.05) is 0 Å². The fourth-order valence-corrected chi connectivity index (χ4v) is 1.51. The van der Waals surface area contributed by atoms with Crippen LogP contribution in [-0.2, 0) is 10.1 Å². The second kappa shape index (κ2) is 3.25. The molecular formula is C8H11O3S+. The summed E-state index contributed by atoms with van der Waals surface area (Å²) < 4.78 is 25.6. The predicted molar refractivity (Wildman–Crippen MR) is 46.5 cm³/mol. The van der Waals surface area contributed by atoms with Gasteiger partial charge in [0.05, 0.1) is 0 Å². The summed E-state index contributed by atoms with van der Waals surface area (Å²) in [6.45, 7) is 1.90. The van der Waals surface area contributed by atoms with Gasteiger partial charge in [0.2, 0.25) is 0 Å². The van der Waals surface area contributed by atoms with Crippen molar-refractivity contribution in [3.8, 4) is 0 Å². The van der Waals surface area contributed by atoms with Crippen LogP contribution in [-0.4, -0.2) is 19.7 Å². The van der Waals surface area contributed by atoms with Crippen molar-refractivity contribution < 1.29 is 12.6 Å². The molecule has 12 heavy (non-hydrogen) atoms. The monoisotopic (exact) mass is 187 g/mol. The molecule has 0 saturated heterocycles. The van der Waals surface area contributed by atoms with Gasteiger partial charge in [-0.25, -0.2) is 0 Å². The molecule has 0 aromatic heterocycles. The van der Waals surface area contributed by atoms with Crippen molar-refractivity contribution in [3.63, 3.8) is 0 Å². The van der Waals surface area contributed by atoms with Crippen LogP contribution in [0.25, 0.3) is 0 Å². The maximum atomic E-state index is 11.1. The molecule has 4 heteroatoms. The van der Waals surface area contributed by atoms with E-state index in [0.29, 0.717) is 0 Å². The first-order valence-electron chi connectivity index (χ1n) is 3.49. The number of rotatable bonds is 2. The number of hydrogen-bond acceptors (Lipinski definition) is 2. The molecular weight excluding hydrogens is 176 g/mol. The minimum atomic E-state index is -3.39. The van der Waals surface area contributed by atoms with Crippen LogP contribution < -0.4 is 0 Å². The maximum Gasteiger partial charge on any atom is 0.410 e.